The van der Waals surface area contributed by atoms with Crippen molar-refractivity contribution < 1.29 is 17.9 Å². The Morgan fingerprint density at radius 2 is 1.77 bits per heavy atom. The van der Waals surface area contributed by atoms with E-state index in [9.17, 15) is 13.2 Å². The number of hydrogen-bond donors (Lipinski definition) is 0. The Balaban J connectivity index is 1.38. The van der Waals surface area contributed by atoms with Crippen molar-refractivity contribution in [2.75, 3.05) is 12.3 Å². The fraction of sp³-hybridized carbons (Fsp3) is 0.692. The van der Waals surface area contributed by atoms with E-state index in [4.69, 9.17) is 21.3 Å². The van der Waals surface area contributed by atoms with Crippen molar-refractivity contribution >= 4 is 33.6 Å². The molecule has 1 aliphatic heterocycles. The number of hydrogen-bond acceptors (Lipinski definition) is 5. The topological polar surface area (TPSA) is 79.3 Å². The van der Waals surface area contributed by atoms with Crippen LogP contribution in [-0.2, 0) is 21.3 Å². The highest BCUT2D eigenvalue weighted by Crippen LogP contribution is 2.72. The minimum Gasteiger partial charge on any atom is -0.443 e. The second kappa shape index (κ2) is 7.93. The van der Waals surface area contributed by atoms with Crippen LogP contribution in [0.4, 0.5) is 4.79 Å². The Kier molecular flexibility index (Phi) is 5.67. The molecule has 0 spiro atoms. The third-order valence-electron chi connectivity index (χ3n) is 7.55. The number of rotatable bonds is 7. The number of amides is 1. The molecule has 6 rings (SSSR count). The first-order chi connectivity index (χ1) is 16.1. The predicted octanol–water partition coefficient (Wildman–Crippen LogP) is 5.23. The zero-order valence-electron chi connectivity index (χ0n) is 21.3. The highest BCUT2D eigenvalue weighted by Gasteiger charge is 2.75. The molecule has 4 saturated carbocycles. The number of amidine groups is 1. The minimum atomic E-state index is -3.42. The van der Waals surface area contributed by atoms with E-state index in [0.717, 1.165) is 24.2 Å². The van der Waals surface area contributed by atoms with Gasteiger partial charge in [0.05, 0.1) is 17.8 Å². The van der Waals surface area contributed by atoms with Crippen molar-refractivity contribution in [3.05, 3.63) is 34.9 Å². The number of carbonyl (C=O) groups excluding carboxylic acids is 1. The smallest absolute Gasteiger partial charge is 0.415 e. The van der Waals surface area contributed by atoms with Gasteiger partial charge in [-0.05, 0) is 90.3 Å². The van der Waals surface area contributed by atoms with Crippen LogP contribution in [0.3, 0.4) is 0 Å². The summed E-state index contributed by atoms with van der Waals surface area (Å²) in [7, 11) is -3.42. The van der Waals surface area contributed by atoms with Gasteiger partial charge in [-0.15, -0.1) is 0 Å². The summed E-state index contributed by atoms with van der Waals surface area (Å²) in [5, 5.41) is 0.634. The summed E-state index contributed by atoms with van der Waals surface area (Å²) in [6, 6.07) is 7.41. The van der Waals surface area contributed by atoms with E-state index in [1.54, 1.807) is 21.3 Å². The number of nitrogens with zero attached hydrogens (tertiary/aromatic N) is 3. The molecule has 0 unspecified atom stereocenters. The van der Waals surface area contributed by atoms with Crippen LogP contribution in [0.5, 0.6) is 0 Å². The molecular weight excluding hydrogens is 486 g/mol. The fourth-order valence-electron chi connectivity index (χ4n) is 5.94. The van der Waals surface area contributed by atoms with E-state index in [1.807, 2.05) is 46.8 Å². The van der Waals surface area contributed by atoms with Crippen LogP contribution >= 0.6 is 11.6 Å². The summed E-state index contributed by atoms with van der Waals surface area (Å²) < 4.78 is 34.6. The van der Waals surface area contributed by atoms with Crippen LogP contribution < -0.4 is 0 Å². The molecule has 0 atom stereocenters. The van der Waals surface area contributed by atoms with Crippen LogP contribution in [0.2, 0.25) is 5.02 Å². The Hall–Kier alpha value is -1.64. The van der Waals surface area contributed by atoms with Gasteiger partial charge >= 0.3 is 6.09 Å². The van der Waals surface area contributed by atoms with E-state index >= 15 is 0 Å². The van der Waals surface area contributed by atoms with Crippen molar-refractivity contribution in [2.45, 2.75) is 89.9 Å². The van der Waals surface area contributed by atoms with E-state index in [1.165, 1.54) is 0 Å². The lowest BCUT2D eigenvalue weighted by Crippen LogP contribution is -2.78. The molecule has 4 fully saturated rings. The quantitative estimate of drug-likeness (QED) is 0.492. The van der Waals surface area contributed by atoms with Crippen molar-refractivity contribution in [3.8, 4) is 0 Å². The normalized spacial score (nSPS) is 29.5. The molecule has 5 aliphatic rings. The van der Waals surface area contributed by atoms with Crippen molar-refractivity contribution in [1.29, 1.82) is 0 Å². The van der Waals surface area contributed by atoms with Gasteiger partial charge in [0.2, 0.25) is 10.0 Å². The van der Waals surface area contributed by atoms with E-state index in [0.29, 0.717) is 37.4 Å². The Morgan fingerprint density at radius 3 is 2.31 bits per heavy atom. The average Bonchev–Trinajstić information content (AvgIpc) is 3.39. The summed E-state index contributed by atoms with van der Waals surface area (Å²) in [4.78, 5) is 19.7. The van der Waals surface area contributed by atoms with Gasteiger partial charge in [-0.2, -0.15) is 4.31 Å². The summed E-state index contributed by atoms with van der Waals surface area (Å²) in [5.74, 6) is 1.26. The molecule has 1 aromatic carbocycles. The number of benzene rings is 1. The van der Waals surface area contributed by atoms with Crippen molar-refractivity contribution in [3.63, 3.8) is 0 Å². The zero-order valence-corrected chi connectivity index (χ0v) is 22.9. The molecule has 0 aromatic heterocycles. The first kappa shape index (κ1) is 25.0. The Morgan fingerprint density at radius 1 is 1.17 bits per heavy atom. The Labute approximate surface area is 213 Å². The lowest BCUT2D eigenvalue weighted by atomic mass is 9.38. The second-order valence-electron chi connectivity index (χ2n) is 12.7. The third kappa shape index (κ3) is 4.74. The third-order valence-corrected chi connectivity index (χ3v) is 9.88. The zero-order chi connectivity index (χ0) is 25.4. The van der Waals surface area contributed by atoms with Gasteiger partial charge in [0.15, 0.2) is 0 Å². The molecule has 2 bridgehead atoms. The van der Waals surface area contributed by atoms with Gasteiger partial charge in [0.1, 0.15) is 11.4 Å². The lowest BCUT2D eigenvalue weighted by Gasteiger charge is -2.73. The number of sulfonamides is 1. The second-order valence-corrected chi connectivity index (χ2v) is 15.1. The van der Waals surface area contributed by atoms with E-state index < -0.39 is 26.7 Å². The summed E-state index contributed by atoms with van der Waals surface area (Å²) >= 11 is 6.06. The summed E-state index contributed by atoms with van der Waals surface area (Å²) in [6.45, 7) is 10.4. The highest BCUT2D eigenvalue weighted by molar-refractivity contribution is 7.89. The molecule has 9 heteroatoms. The monoisotopic (exact) mass is 521 g/mol. The highest BCUT2D eigenvalue weighted by atomic mass is 35.5. The molecule has 192 valence electrons. The molecule has 0 radical (unpaired) electrons. The molecule has 1 heterocycles. The first-order valence-electron chi connectivity index (χ1n) is 12.5. The summed E-state index contributed by atoms with van der Waals surface area (Å²) in [6.07, 6.45) is 3.66. The number of ether oxygens (including phenoxy) is 1. The average molecular weight is 522 g/mol. The van der Waals surface area contributed by atoms with Gasteiger partial charge in [0, 0.05) is 22.5 Å². The standard InChI is InChI=1S/C26H36ClN3O4S/c1-23(2,3)34-22(31)29-17-24(4,5)28-21(29)25-14-26(15-25,16-25)30(35(32,33)13-19-6-7-19)12-18-8-10-20(27)11-9-18/h8-11,19H,6-7,12-17H2,1-5H3. The predicted molar refractivity (Wildman–Crippen MR) is 137 cm³/mol. The molecule has 7 nitrogen and oxygen atoms in total. The number of aliphatic imine (C=N–C) groups is 1. The minimum absolute atomic E-state index is 0.216. The molecular formula is C26H36ClN3O4S. The molecule has 0 saturated heterocycles. The molecule has 1 aromatic rings. The maximum Gasteiger partial charge on any atom is 0.415 e. The van der Waals surface area contributed by atoms with Crippen LogP contribution in [0.15, 0.2) is 29.3 Å². The number of halogens is 1. The lowest BCUT2D eigenvalue weighted by molar-refractivity contribution is -0.153. The molecule has 4 aliphatic carbocycles. The van der Waals surface area contributed by atoms with Crippen LogP contribution in [0.25, 0.3) is 0 Å². The number of carbonyl (C=O) groups is 1. The van der Waals surface area contributed by atoms with Crippen LogP contribution in [0, 0.1) is 11.3 Å². The van der Waals surface area contributed by atoms with Gasteiger partial charge in [-0.1, -0.05) is 23.7 Å². The van der Waals surface area contributed by atoms with Gasteiger partial charge in [0.25, 0.3) is 0 Å². The van der Waals surface area contributed by atoms with Gasteiger partial charge in [-0.3, -0.25) is 9.89 Å². The molecule has 35 heavy (non-hydrogen) atoms. The maximum atomic E-state index is 13.6. The SMILES string of the molecule is CC1(C)CN(C(=O)OC(C)(C)C)C(C23CC(N(Cc4ccc(Cl)cc4)S(=O)(=O)CC4CC4)(C2)C3)=N1. The van der Waals surface area contributed by atoms with E-state index in [-0.39, 0.29) is 23.2 Å². The van der Waals surface area contributed by atoms with Crippen LogP contribution in [0.1, 0.15) is 72.3 Å². The van der Waals surface area contributed by atoms with E-state index in [2.05, 4.69) is 0 Å². The van der Waals surface area contributed by atoms with Crippen molar-refractivity contribution in [2.24, 2.45) is 16.3 Å². The molecule has 1 amide bonds. The van der Waals surface area contributed by atoms with Crippen molar-refractivity contribution in [1.82, 2.24) is 9.21 Å². The first-order valence-corrected chi connectivity index (χ1v) is 14.5. The van der Waals surface area contributed by atoms with Crippen LogP contribution in [-0.4, -0.2) is 58.5 Å². The fourth-order valence-corrected chi connectivity index (χ4v) is 8.31. The van der Waals surface area contributed by atoms with Gasteiger partial charge in [-0.25, -0.2) is 13.2 Å². The van der Waals surface area contributed by atoms with Gasteiger partial charge < -0.3 is 4.74 Å². The Bertz CT molecular complexity index is 1150. The maximum absolute atomic E-state index is 13.6. The molecule has 0 N–H and O–H groups in total. The summed E-state index contributed by atoms with van der Waals surface area (Å²) in [5.41, 5.74) is -0.736. The largest absolute Gasteiger partial charge is 0.443 e.